The fraction of sp³-hybridized carbons (Fsp3) is 0.647. The summed E-state index contributed by atoms with van der Waals surface area (Å²) in [5.74, 6) is 2.16. The first-order chi connectivity index (χ1) is 11.3. The summed E-state index contributed by atoms with van der Waals surface area (Å²) in [6, 6.07) is 4.97. The van der Waals surface area contributed by atoms with Gasteiger partial charge in [-0.1, -0.05) is 6.07 Å². The van der Waals surface area contributed by atoms with Crippen LogP contribution in [0.2, 0.25) is 0 Å². The first kappa shape index (κ1) is 15.3. The SMILES string of the molecule is CN(Cc1nnc(C2CC2)o1)[C@H]1CCN(CCc2cccs2)C1. The molecular formula is C17H24N4OS. The van der Waals surface area contributed by atoms with Crippen molar-refractivity contribution in [3.63, 3.8) is 0 Å². The standard InChI is InChI=1S/C17H24N4OS/c1-20(12-16-18-19-17(22-16)13-4-5-13)14-6-8-21(11-14)9-7-15-3-2-10-23-15/h2-3,10,13-14H,4-9,11-12H2,1H3/t14-/m0/s1. The highest BCUT2D eigenvalue weighted by Gasteiger charge is 2.30. The van der Waals surface area contributed by atoms with E-state index in [4.69, 9.17) is 4.42 Å². The Labute approximate surface area is 141 Å². The Bertz CT molecular complexity index is 622. The first-order valence-electron chi connectivity index (χ1n) is 8.55. The Balaban J connectivity index is 1.24. The van der Waals surface area contributed by atoms with Crippen LogP contribution >= 0.6 is 11.3 Å². The summed E-state index contributed by atoms with van der Waals surface area (Å²) in [5.41, 5.74) is 0. The normalized spacial score (nSPS) is 22.3. The molecule has 2 aliphatic rings. The van der Waals surface area contributed by atoms with Gasteiger partial charge in [-0.15, -0.1) is 21.5 Å². The Kier molecular flexibility index (Phi) is 4.46. The van der Waals surface area contributed by atoms with Crippen molar-refractivity contribution in [1.82, 2.24) is 20.0 Å². The number of rotatable bonds is 7. The molecule has 1 aliphatic carbocycles. The van der Waals surface area contributed by atoms with Crippen LogP contribution < -0.4 is 0 Å². The van der Waals surface area contributed by atoms with Gasteiger partial charge in [0.25, 0.3) is 0 Å². The molecule has 2 aromatic rings. The first-order valence-corrected chi connectivity index (χ1v) is 9.43. The molecule has 23 heavy (non-hydrogen) atoms. The molecule has 1 aliphatic heterocycles. The highest BCUT2D eigenvalue weighted by atomic mass is 32.1. The van der Waals surface area contributed by atoms with E-state index < -0.39 is 0 Å². The molecule has 0 radical (unpaired) electrons. The Morgan fingerprint density at radius 2 is 2.26 bits per heavy atom. The van der Waals surface area contributed by atoms with Crippen LogP contribution in [-0.2, 0) is 13.0 Å². The lowest BCUT2D eigenvalue weighted by atomic mass is 10.2. The van der Waals surface area contributed by atoms with Gasteiger partial charge in [-0.25, -0.2) is 0 Å². The average Bonchev–Trinajstić information content (AvgIpc) is 3.00. The number of aromatic nitrogens is 2. The summed E-state index contributed by atoms with van der Waals surface area (Å²) in [4.78, 5) is 6.43. The molecule has 5 nitrogen and oxygen atoms in total. The number of hydrogen-bond donors (Lipinski definition) is 0. The number of thiophene rings is 1. The van der Waals surface area contributed by atoms with E-state index in [9.17, 15) is 0 Å². The highest BCUT2D eigenvalue weighted by Crippen LogP contribution is 2.39. The Morgan fingerprint density at radius 3 is 3.04 bits per heavy atom. The van der Waals surface area contributed by atoms with Crippen LogP contribution in [0.15, 0.2) is 21.9 Å². The van der Waals surface area contributed by atoms with E-state index in [0.717, 1.165) is 31.4 Å². The van der Waals surface area contributed by atoms with Crippen molar-refractivity contribution >= 4 is 11.3 Å². The second kappa shape index (κ2) is 6.71. The van der Waals surface area contributed by atoms with Crippen molar-refractivity contribution in [2.45, 2.75) is 44.2 Å². The van der Waals surface area contributed by atoms with Crippen LogP contribution in [0.1, 0.15) is 41.8 Å². The minimum absolute atomic E-state index is 0.542. The second-order valence-electron chi connectivity index (χ2n) is 6.80. The van der Waals surface area contributed by atoms with Gasteiger partial charge in [0.05, 0.1) is 6.54 Å². The summed E-state index contributed by atoms with van der Waals surface area (Å²) in [7, 11) is 2.18. The van der Waals surface area contributed by atoms with Gasteiger partial charge in [0.1, 0.15) is 0 Å². The monoisotopic (exact) mass is 332 g/mol. The fourth-order valence-corrected chi connectivity index (χ4v) is 3.96. The zero-order valence-corrected chi connectivity index (χ0v) is 14.5. The molecule has 0 unspecified atom stereocenters. The van der Waals surface area contributed by atoms with E-state index >= 15 is 0 Å². The van der Waals surface area contributed by atoms with Crippen LogP contribution in [-0.4, -0.2) is 52.7 Å². The number of likely N-dealkylation sites (tertiary alicyclic amines) is 1. The van der Waals surface area contributed by atoms with Gasteiger partial charge in [0.2, 0.25) is 11.8 Å². The summed E-state index contributed by atoms with van der Waals surface area (Å²) >= 11 is 1.86. The van der Waals surface area contributed by atoms with Gasteiger partial charge in [0.15, 0.2) is 0 Å². The number of likely N-dealkylation sites (N-methyl/N-ethyl adjacent to an activating group) is 1. The van der Waals surface area contributed by atoms with Crippen molar-refractivity contribution < 1.29 is 4.42 Å². The van der Waals surface area contributed by atoms with Crippen molar-refractivity contribution in [2.24, 2.45) is 0 Å². The van der Waals surface area contributed by atoms with Crippen LogP contribution in [0.25, 0.3) is 0 Å². The minimum atomic E-state index is 0.542. The van der Waals surface area contributed by atoms with E-state index in [1.54, 1.807) is 0 Å². The van der Waals surface area contributed by atoms with E-state index in [-0.39, 0.29) is 0 Å². The highest BCUT2D eigenvalue weighted by molar-refractivity contribution is 7.09. The second-order valence-corrected chi connectivity index (χ2v) is 7.83. The molecule has 1 saturated heterocycles. The molecule has 2 aromatic heterocycles. The van der Waals surface area contributed by atoms with Gasteiger partial charge >= 0.3 is 0 Å². The zero-order chi connectivity index (χ0) is 15.6. The van der Waals surface area contributed by atoms with E-state index in [2.05, 4.69) is 44.6 Å². The summed E-state index contributed by atoms with van der Waals surface area (Å²) in [6.45, 7) is 4.27. The van der Waals surface area contributed by atoms with Gasteiger partial charge < -0.3 is 9.32 Å². The lowest BCUT2D eigenvalue weighted by Crippen LogP contribution is -2.34. The van der Waals surface area contributed by atoms with E-state index in [1.165, 1.54) is 37.1 Å². The molecule has 3 heterocycles. The lowest BCUT2D eigenvalue weighted by Gasteiger charge is -2.23. The molecule has 4 rings (SSSR count). The Morgan fingerprint density at radius 1 is 1.35 bits per heavy atom. The molecule has 1 saturated carbocycles. The van der Waals surface area contributed by atoms with Crippen molar-refractivity contribution in [1.29, 1.82) is 0 Å². The van der Waals surface area contributed by atoms with Crippen LogP contribution in [0.3, 0.4) is 0 Å². The predicted octanol–water partition coefficient (Wildman–Crippen LogP) is 2.76. The number of nitrogens with zero attached hydrogens (tertiary/aromatic N) is 4. The maximum Gasteiger partial charge on any atom is 0.230 e. The van der Waals surface area contributed by atoms with Gasteiger partial charge in [0, 0.05) is 29.9 Å². The maximum atomic E-state index is 5.78. The molecule has 0 bridgehead atoms. The van der Waals surface area contributed by atoms with Crippen molar-refractivity contribution in [2.75, 3.05) is 26.7 Å². The molecule has 124 valence electrons. The molecule has 6 heteroatoms. The molecule has 0 N–H and O–H groups in total. The van der Waals surface area contributed by atoms with Gasteiger partial charge in [-0.05, 0) is 50.7 Å². The third kappa shape index (κ3) is 3.82. The quantitative estimate of drug-likeness (QED) is 0.780. The molecule has 2 fully saturated rings. The molecule has 0 amide bonds. The fourth-order valence-electron chi connectivity index (χ4n) is 3.27. The van der Waals surface area contributed by atoms with Crippen LogP contribution in [0.5, 0.6) is 0 Å². The largest absolute Gasteiger partial charge is 0.424 e. The predicted molar refractivity (Wildman–Crippen MR) is 90.6 cm³/mol. The summed E-state index contributed by atoms with van der Waals surface area (Å²) < 4.78 is 5.78. The Hall–Kier alpha value is -1.24. The minimum Gasteiger partial charge on any atom is -0.424 e. The van der Waals surface area contributed by atoms with Crippen molar-refractivity contribution in [3.05, 3.63) is 34.2 Å². The average molecular weight is 332 g/mol. The molecular weight excluding hydrogens is 308 g/mol. The molecule has 0 spiro atoms. The smallest absolute Gasteiger partial charge is 0.230 e. The van der Waals surface area contributed by atoms with Gasteiger partial charge in [-0.2, -0.15) is 0 Å². The zero-order valence-electron chi connectivity index (χ0n) is 13.6. The summed E-state index contributed by atoms with van der Waals surface area (Å²) in [5, 5.41) is 10.5. The lowest BCUT2D eigenvalue weighted by molar-refractivity contribution is 0.206. The van der Waals surface area contributed by atoms with Crippen LogP contribution in [0, 0.1) is 0 Å². The number of hydrogen-bond acceptors (Lipinski definition) is 6. The van der Waals surface area contributed by atoms with Crippen molar-refractivity contribution in [3.8, 4) is 0 Å². The van der Waals surface area contributed by atoms with E-state index in [1.807, 2.05) is 11.3 Å². The molecule has 1 atom stereocenters. The van der Waals surface area contributed by atoms with Gasteiger partial charge in [-0.3, -0.25) is 4.90 Å². The van der Waals surface area contributed by atoms with Crippen LogP contribution in [0.4, 0.5) is 0 Å². The third-order valence-corrected chi connectivity index (χ3v) is 5.86. The molecule has 0 aromatic carbocycles. The topological polar surface area (TPSA) is 45.4 Å². The van der Waals surface area contributed by atoms with E-state index in [0.29, 0.717) is 12.0 Å². The maximum absolute atomic E-state index is 5.78. The third-order valence-electron chi connectivity index (χ3n) is 4.92. The summed E-state index contributed by atoms with van der Waals surface area (Å²) in [6.07, 6.45) is 4.81.